The fourth-order valence-electron chi connectivity index (χ4n) is 3.37. The largest absolute Gasteiger partial charge is 0.323 e. The number of hydrogen-bond acceptors (Lipinski definition) is 3. The van der Waals surface area contributed by atoms with Gasteiger partial charge < -0.3 is 15.2 Å². The van der Waals surface area contributed by atoms with E-state index in [9.17, 15) is 18.4 Å². The molecule has 1 aliphatic rings. The van der Waals surface area contributed by atoms with Crippen LogP contribution in [0.15, 0.2) is 48.5 Å². The Bertz CT molecular complexity index is 1080. The topological polar surface area (TPSA) is 76.0 Å². The van der Waals surface area contributed by atoms with Gasteiger partial charge in [0.15, 0.2) is 11.5 Å². The maximum atomic E-state index is 13.4. The first-order valence-corrected chi connectivity index (χ1v) is 9.24. The Morgan fingerprint density at radius 3 is 2.41 bits per heavy atom. The summed E-state index contributed by atoms with van der Waals surface area (Å²) in [5.41, 5.74) is 1.58. The highest BCUT2D eigenvalue weighted by Crippen LogP contribution is 2.23. The Labute approximate surface area is 165 Å². The summed E-state index contributed by atoms with van der Waals surface area (Å²) in [7, 11) is 0. The van der Waals surface area contributed by atoms with Crippen LogP contribution in [-0.4, -0.2) is 21.4 Å². The summed E-state index contributed by atoms with van der Waals surface area (Å²) in [5.74, 6) is -1.74. The minimum atomic E-state index is -0.514. The third-order valence-corrected chi connectivity index (χ3v) is 4.72. The van der Waals surface area contributed by atoms with E-state index < -0.39 is 23.4 Å². The molecule has 1 aliphatic heterocycles. The fourth-order valence-corrected chi connectivity index (χ4v) is 3.37. The van der Waals surface area contributed by atoms with Gasteiger partial charge in [-0.3, -0.25) is 9.59 Å². The smallest absolute Gasteiger partial charge is 0.291 e. The molecule has 2 heterocycles. The zero-order chi connectivity index (χ0) is 20.4. The van der Waals surface area contributed by atoms with Gasteiger partial charge in [0.05, 0.1) is 5.69 Å². The second-order valence-electron chi connectivity index (χ2n) is 6.76. The van der Waals surface area contributed by atoms with Crippen LogP contribution in [0.4, 0.5) is 20.2 Å². The Balaban J connectivity index is 1.62. The van der Waals surface area contributed by atoms with Gasteiger partial charge in [-0.15, -0.1) is 0 Å². The highest BCUT2D eigenvalue weighted by molar-refractivity contribution is 6.07. The van der Waals surface area contributed by atoms with Gasteiger partial charge in [0.2, 0.25) is 0 Å². The van der Waals surface area contributed by atoms with E-state index >= 15 is 0 Å². The van der Waals surface area contributed by atoms with E-state index in [2.05, 4.69) is 15.6 Å². The first-order valence-electron chi connectivity index (χ1n) is 9.24. The summed E-state index contributed by atoms with van der Waals surface area (Å²) in [4.78, 5) is 29.8. The second-order valence-corrected chi connectivity index (χ2v) is 6.76. The van der Waals surface area contributed by atoms with E-state index in [4.69, 9.17) is 0 Å². The third-order valence-electron chi connectivity index (χ3n) is 4.72. The molecule has 0 saturated heterocycles. The van der Waals surface area contributed by atoms with Gasteiger partial charge >= 0.3 is 0 Å². The van der Waals surface area contributed by atoms with E-state index in [0.29, 0.717) is 30.0 Å². The predicted octanol–water partition coefficient (Wildman–Crippen LogP) is 4.00. The van der Waals surface area contributed by atoms with Crippen molar-refractivity contribution in [3.05, 3.63) is 77.4 Å². The fraction of sp³-hybridized carbons (Fsp3) is 0.190. The molecule has 0 atom stereocenters. The van der Waals surface area contributed by atoms with Crippen molar-refractivity contribution in [2.24, 2.45) is 0 Å². The molecule has 4 rings (SSSR count). The van der Waals surface area contributed by atoms with E-state index in [1.54, 1.807) is 10.6 Å². The number of nitrogens with zero attached hydrogens (tertiary/aromatic N) is 2. The zero-order valence-electron chi connectivity index (χ0n) is 15.4. The number of nitrogens with one attached hydrogen (secondary N) is 2. The molecular weight excluding hydrogens is 378 g/mol. The van der Waals surface area contributed by atoms with Crippen molar-refractivity contribution < 1.29 is 18.4 Å². The lowest BCUT2D eigenvalue weighted by molar-refractivity contribution is 0.101. The van der Waals surface area contributed by atoms with Crippen LogP contribution in [-0.2, 0) is 13.0 Å². The van der Waals surface area contributed by atoms with Gasteiger partial charge in [0.1, 0.15) is 11.6 Å². The SMILES string of the molecule is O=C(Nc1ccc(F)cc1)c1nc(C(=O)Nc2cccc(F)c2)n2c1CCCC2. The van der Waals surface area contributed by atoms with Crippen molar-refractivity contribution in [3.63, 3.8) is 0 Å². The lowest BCUT2D eigenvalue weighted by Gasteiger charge is -2.17. The molecular formula is C21H18F2N4O2. The molecule has 0 spiro atoms. The highest BCUT2D eigenvalue weighted by atomic mass is 19.1. The molecule has 29 heavy (non-hydrogen) atoms. The molecule has 0 aliphatic carbocycles. The summed E-state index contributed by atoms with van der Waals surface area (Å²) in [6.45, 7) is 0.568. The van der Waals surface area contributed by atoms with Gasteiger partial charge in [-0.1, -0.05) is 6.07 Å². The van der Waals surface area contributed by atoms with Crippen LogP contribution in [0.2, 0.25) is 0 Å². The molecule has 0 bridgehead atoms. The third kappa shape index (κ3) is 4.01. The molecule has 3 aromatic rings. The number of hydrogen-bond donors (Lipinski definition) is 2. The van der Waals surface area contributed by atoms with Crippen LogP contribution >= 0.6 is 0 Å². The maximum absolute atomic E-state index is 13.4. The van der Waals surface area contributed by atoms with Crippen molar-refractivity contribution in [2.45, 2.75) is 25.8 Å². The monoisotopic (exact) mass is 396 g/mol. The number of carbonyl (C=O) groups is 2. The molecule has 1 aromatic heterocycles. The summed E-state index contributed by atoms with van der Waals surface area (Å²) in [6.07, 6.45) is 2.36. The Morgan fingerprint density at radius 1 is 0.897 bits per heavy atom. The van der Waals surface area contributed by atoms with Crippen molar-refractivity contribution in [2.75, 3.05) is 10.6 Å². The van der Waals surface area contributed by atoms with Gasteiger partial charge in [0.25, 0.3) is 11.8 Å². The lowest BCUT2D eigenvalue weighted by atomic mass is 10.1. The Morgan fingerprint density at radius 2 is 1.66 bits per heavy atom. The summed E-state index contributed by atoms with van der Waals surface area (Å²) < 4.78 is 28.2. The molecule has 148 valence electrons. The van der Waals surface area contributed by atoms with Crippen molar-refractivity contribution in [1.29, 1.82) is 0 Å². The van der Waals surface area contributed by atoms with Crippen molar-refractivity contribution in [1.82, 2.24) is 9.55 Å². The van der Waals surface area contributed by atoms with E-state index in [1.165, 1.54) is 42.5 Å². The van der Waals surface area contributed by atoms with Gasteiger partial charge in [-0.2, -0.15) is 0 Å². The molecule has 8 heteroatoms. The van der Waals surface area contributed by atoms with Crippen LogP contribution in [0.5, 0.6) is 0 Å². The first kappa shape index (κ1) is 18.8. The summed E-state index contributed by atoms with van der Waals surface area (Å²) >= 11 is 0. The Kier molecular flexibility index (Phi) is 5.07. The predicted molar refractivity (Wildman–Crippen MR) is 104 cm³/mol. The van der Waals surface area contributed by atoms with E-state index in [0.717, 1.165) is 12.8 Å². The summed E-state index contributed by atoms with van der Waals surface area (Å²) in [5, 5.41) is 5.30. The molecule has 0 radical (unpaired) electrons. The maximum Gasteiger partial charge on any atom is 0.291 e. The quantitative estimate of drug-likeness (QED) is 0.700. The molecule has 0 fully saturated rings. The molecule has 2 aromatic carbocycles. The van der Waals surface area contributed by atoms with Crippen LogP contribution < -0.4 is 10.6 Å². The van der Waals surface area contributed by atoms with Crippen LogP contribution in [0, 0.1) is 11.6 Å². The minimum absolute atomic E-state index is 0.105. The first-order chi connectivity index (χ1) is 14.0. The summed E-state index contributed by atoms with van der Waals surface area (Å²) in [6, 6.07) is 11.0. The number of rotatable bonds is 4. The van der Waals surface area contributed by atoms with Crippen molar-refractivity contribution in [3.8, 4) is 0 Å². The minimum Gasteiger partial charge on any atom is -0.323 e. The van der Waals surface area contributed by atoms with Gasteiger partial charge in [-0.05, 0) is 61.7 Å². The molecule has 0 unspecified atom stereocenters. The van der Waals surface area contributed by atoms with Gasteiger partial charge in [0, 0.05) is 17.9 Å². The van der Waals surface area contributed by atoms with Gasteiger partial charge in [-0.25, -0.2) is 13.8 Å². The number of fused-ring (bicyclic) bond motifs is 1. The number of amides is 2. The van der Waals surface area contributed by atoms with E-state index in [1.807, 2.05) is 0 Å². The number of halogens is 2. The molecule has 0 saturated carbocycles. The lowest BCUT2D eigenvalue weighted by Crippen LogP contribution is -2.21. The Hall–Kier alpha value is -3.55. The normalized spacial score (nSPS) is 12.9. The van der Waals surface area contributed by atoms with E-state index in [-0.39, 0.29) is 11.5 Å². The molecule has 2 N–H and O–H groups in total. The highest BCUT2D eigenvalue weighted by Gasteiger charge is 2.27. The molecule has 2 amide bonds. The number of imidazole rings is 1. The van der Waals surface area contributed by atoms with Crippen LogP contribution in [0.3, 0.4) is 0 Å². The number of anilines is 2. The zero-order valence-corrected chi connectivity index (χ0v) is 15.4. The average molecular weight is 396 g/mol. The number of benzene rings is 2. The number of aromatic nitrogens is 2. The standard InChI is InChI=1S/C21H18F2N4O2/c22-13-7-9-15(10-8-13)24-20(28)18-17-6-1-2-11-27(17)19(26-18)21(29)25-16-5-3-4-14(23)12-16/h3-5,7-10,12H,1-2,6,11H2,(H,24,28)(H,25,29). The average Bonchev–Trinajstić information content (AvgIpc) is 3.10. The number of carbonyl (C=O) groups excluding carboxylic acids is 2. The van der Waals surface area contributed by atoms with Crippen LogP contribution in [0.25, 0.3) is 0 Å². The van der Waals surface area contributed by atoms with Crippen LogP contribution in [0.1, 0.15) is 39.6 Å². The second kappa shape index (κ2) is 7.83. The molecule has 6 nitrogen and oxygen atoms in total. The van der Waals surface area contributed by atoms with Crippen molar-refractivity contribution >= 4 is 23.2 Å².